The number of phenols is 2. The first kappa shape index (κ1) is 49.8. The van der Waals surface area contributed by atoms with Crippen LogP contribution in [-0.2, 0) is 14.4 Å². The second kappa shape index (κ2) is 22.1. The van der Waals surface area contributed by atoms with Gasteiger partial charge in [-0.15, -0.1) is 0 Å². The topological polar surface area (TPSA) is 309 Å². The van der Waals surface area contributed by atoms with Crippen LogP contribution in [-0.4, -0.2) is 75.0 Å². The summed E-state index contributed by atoms with van der Waals surface area (Å²) in [5, 5.41) is 53.2. The Balaban J connectivity index is 1.23. The molecule has 0 radical (unpaired) electrons. The van der Waals surface area contributed by atoms with Crippen molar-refractivity contribution < 1.29 is 58.4 Å². The molecule has 350 valence electrons. The third-order valence-electron chi connectivity index (χ3n) is 9.57. The second-order valence-corrected chi connectivity index (χ2v) is 15.6. The molecule has 0 aromatic heterocycles. The van der Waals surface area contributed by atoms with Crippen molar-refractivity contribution in [2.24, 2.45) is 5.73 Å². The average Bonchev–Trinajstić information content (AvgIpc) is 3.28. The van der Waals surface area contributed by atoms with Crippen molar-refractivity contribution >= 4 is 70.2 Å². The molecule has 0 heterocycles. The summed E-state index contributed by atoms with van der Waals surface area (Å²) in [7, 11) is 0. The Morgan fingerprint density at radius 3 is 1.63 bits per heavy atom. The summed E-state index contributed by atoms with van der Waals surface area (Å²) in [5.74, 6) is -7.71. The van der Waals surface area contributed by atoms with Crippen LogP contribution in [0.5, 0.6) is 23.0 Å². The van der Waals surface area contributed by atoms with Gasteiger partial charge in [-0.05, 0) is 131 Å². The number of carbonyl (C=O) groups excluding carboxylic acids is 6. The maximum Gasteiger partial charge on any atom is 0.339 e. The number of nitrogens with zero attached hydrogens (tertiary/aromatic N) is 1. The number of ether oxygens (including phenoxy) is 2. The lowest BCUT2D eigenvalue weighted by Crippen LogP contribution is -2.46. The molecule has 0 bridgehead atoms. The summed E-state index contributed by atoms with van der Waals surface area (Å²) in [6.07, 6.45) is 0.0241. The van der Waals surface area contributed by atoms with E-state index in [0.29, 0.717) is 16.8 Å². The van der Waals surface area contributed by atoms with Crippen LogP contribution < -0.4 is 41.8 Å². The van der Waals surface area contributed by atoms with Crippen molar-refractivity contribution in [3.8, 4) is 29.1 Å². The maximum atomic E-state index is 13.5. The van der Waals surface area contributed by atoms with E-state index < -0.39 is 83.1 Å². The Bertz CT molecular complexity index is 2830. The van der Waals surface area contributed by atoms with Crippen LogP contribution in [0.2, 0.25) is 0 Å². The minimum Gasteiger partial charge on any atom is -0.504 e. The molecule has 5 rings (SSSR count). The molecule has 0 aliphatic heterocycles. The van der Waals surface area contributed by atoms with E-state index >= 15 is 0 Å². The van der Waals surface area contributed by atoms with E-state index in [1.165, 1.54) is 66.7 Å². The SMILES string of the molecule is CC(=Cc1ccc(C#N)cc1)C(=O)Nc1ccc(C(=O)NC(CC(N)=O)C(=O)Nc2ccc(C(=O)Nc3ccc(C(=O)Nc4ccc(C(=O)O)c(O)c4OC(C)C)c(O)c3OC(C)C)cc2)cc1. The number of amides is 6. The number of anilines is 4. The number of carboxylic acids is 1. The first-order chi connectivity index (χ1) is 32.2. The van der Waals surface area contributed by atoms with E-state index in [4.69, 9.17) is 20.5 Å². The van der Waals surface area contributed by atoms with Gasteiger partial charge in [-0.1, -0.05) is 12.1 Å². The first-order valence-corrected chi connectivity index (χ1v) is 20.8. The molecule has 19 nitrogen and oxygen atoms in total. The summed E-state index contributed by atoms with van der Waals surface area (Å²) in [6, 6.07) is 23.4. The highest BCUT2D eigenvalue weighted by atomic mass is 16.5. The Kier molecular flexibility index (Phi) is 16.2. The van der Waals surface area contributed by atoms with Crippen LogP contribution in [0.3, 0.4) is 0 Å². The summed E-state index contributed by atoms with van der Waals surface area (Å²) in [6.45, 7) is 8.18. The van der Waals surface area contributed by atoms with Crippen molar-refractivity contribution in [3.63, 3.8) is 0 Å². The average molecular weight is 926 g/mol. The van der Waals surface area contributed by atoms with E-state index in [1.807, 2.05) is 6.07 Å². The zero-order valence-electron chi connectivity index (χ0n) is 37.3. The number of aromatic carboxylic acids is 1. The van der Waals surface area contributed by atoms with Crippen LogP contribution in [0.15, 0.2) is 103 Å². The fraction of sp³-hybridized carbons (Fsp3) is 0.184. The van der Waals surface area contributed by atoms with Crippen LogP contribution in [0, 0.1) is 11.3 Å². The van der Waals surface area contributed by atoms with Crippen LogP contribution in [0.25, 0.3) is 6.08 Å². The largest absolute Gasteiger partial charge is 0.504 e. The molecule has 5 aromatic rings. The van der Waals surface area contributed by atoms with E-state index in [9.17, 15) is 48.9 Å². The van der Waals surface area contributed by atoms with Crippen molar-refractivity contribution in [2.75, 3.05) is 21.3 Å². The number of carbonyl (C=O) groups is 7. The quantitative estimate of drug-likeness (QED) is 0.0430. The number of benzene rings is 5. The number of nitriles is 1. The van der Waals surface area contributed by atoms with Crippen molar-refractivity contribution in [1.29, 1.82) is 5.26 Å². The monoisotopic (exact) mass is 925 g/mol. The Morgan fingerprint density at radius 2 is 1.13 bits per heavy atom. The van der Waals surface area contributed by atoms with Crippen molar-refractivity contribution in [2.45, 2.75) is 59.3 Å². The minimum atomic E-state index is -1.43. The number of hydrogen-bond donors (Lipinski definition) is 9. The van der Waals surface area contributed by atoms with Gasteiger partial charge in [-0.25, -0.2) is 4.79 Å². The molecule has 0 aliphatic carbocycles. The second-order valence-electron chi connectivity index (χ2n) is 15.6. The van der Waals surface area contributed by atoms with E-state index in [-0.39, 0.29) is 45.3 Å². The van der Waals surface area contributed by atoms with E-state index in [2.05, 4.69) is 26.6 Å². The van der Waals surface area contributed by atoms with Gasteiger partial charge in [0.05, 0.1) is 47.2 Å². The van der Waals surface area contributed by atoms with Gasteiger partial charge in [-0.2, -0.15) is 5.26 Å². The zero-order chi connectivity index (χ0) is 49.8. The summed E-state index contributed by atoms with van der Waals surface area (Å²) >= 11 is 0. The van der Waals surface area contributed by atoms with E-state index in [1.54, 1.807) is 65.0 Å². The number of aromatic hydroxyl groups is 2. The van der Waals surface area contributed by atoms with Gasteiger partial charge < -0.3 is 57.1 Å². The number of nitrogens with two attached hydrogens (primary N) is 1. The van der Waals surface area contributed by atoms with Gasteiger partial charge in [0.25, 0.3) is 23.6 Å². The first-order valence-electron chi connectivity index (χ1n) is 20.8. The molecule has 1 unspecified atom stereocenters. The maximum absolute atomic E-state index is 13.5. The molecule has 0 spiro atoms. The number of hydrogen-bond acceptors (Lipinski definition) is 12. The highest BCUT2D eigenvalue weighted by Crippen LogP contribution is 2.41. The van der Waals surface area contributed by atoms with Crippen LogP contribution in [0.1, 0.15) is 93.6 Å². The lowest BCUT2D eigenvalue weighted by atomic mass is 10.1. The molecule has 68 heavy (non-hydrogen) atoms. The predicted molar refractivity (Wildman–Crippen MR) is 251 cm³/mol. The fourth-order valence-electron chi connectivity index (χ4n) is 6.28. The molecule has 0 fully saturated rings. The summed E-state index contributed by atoms with van der Waals surface area (Å²) in [4.78, 5) is 89.7. The number of primary amides is 1. The van der Waals surface area contributed by atoms with Crippen molar-refractivity contribution in [1.82, 2.24) is 5.32 Å². The number of carboxylic acid groups (broad SMARTS) is 1. The molecule has 5 aromatic carbocycles. The third-order valence-corrected chi connectivity index (χ3v) is 9.57. The lowest BCUT2D eigenvalue weighted by molar-refractivity contribution is -0.123. The number of nitrogens with one attached hydrogen (secondary N) is 5. The Hall–Kier alpha value is -9.18. The third kappa shape index (κ3) is 13.0. The number of rotatable bonds is 18. The predicted octanol–water partition coefficient (Wildman–Crippen LogP) is 6.40. The summed E-state index contributed by atoms with van der Waals surface area (Å²) < 4.78 is 11.4. The molecule has 1 atom stereocenters. The smallest absolute Gasteiger partial charge is 0.339 e. The van der Waals surface area contributed by atoms with Gasteiger partial charge in [0.2, 0.25) is 11.8 Å². The van der Waals surface area contributed by atoms with Gasteiger partial charge in [-0.3, -0.25) is 28.8 Å². The molecule has 19 heteroatoms. The van der Waals surface area contributed by atoms with Crippen molar-refractivity contribution in [3.05, 3.63) is 136 Å². The van der Waals surface area contributed by atoms with Crippen LogP contribution in [0.4, 0.5) is 22.7 Å². The lowest BCUT2D eigenvalue weighted by Gasteiger charge is -2.20. The molecular formula is C49H47N7O12. The minimum absolute atomic E-state index is 0.0183. The van der Waals surface area contributed by atoms with E-state index in [0.717, 1.165) is 11.6 Å². The van der Waals surface area contributed by atoms with Gasteiger partial charge in [0.15, 0.2) is 23.0 Å². The molecule has 0 saturated carbocycles. The molecule has 10 N–H and O–H groups in total. The fourth-order valence-corrected chi connectivity index (χ4v) is 6.28. The molecule has 0 saturated heterocycles. The standard InChI is InChI=1S/C49H47N7O12/c1-25(2)67-42-36(20-18-34(40(42)58)47(63)55-37-21-19-35(49(65)66)41(59)43(37)68-26(3)4)54-45(61)30-12-16-33(17-13-30)53-48(64)38(23-39(51)57)56-46(62)31-10-14-32(15-11-31)52-44(60)27(5)22-28-6-8-29(24-50)9-7-28/h6-22,25-26,38,58-59H,23H2,1-5H3,(H2,51,57)(H,52,60)(H,53,64)(H,54,61)(H,55,63)(H,56,62)(H,65,66). The zero-order valence-corrected chi connectivity index (χ0v) is 37.3. The molecular weight excluding hydrogens is 879 g/mol. The Morgan fingerprint density at radius 1 is 0.647 bits per heavy atom. The highest BCUT2D eigenvalue weighted by molar-refractivity contribution is 6.11. The van der Waals surface area contributed by atoms with Gasteiger partial charge in [0.1, 0.15) is 11.6 Å². The molecule has 6 amide bonds. The number of phenolic OH excluding ortho intramolecular Hbond substituents is 1. The van der Waals surface area contributed by atoms with Gasteiger partial charge in [0, 0.05) is 28.1 Å². The highest BCUT2D eigenvalue weighted by Gasteiger charge is 2.27. The molecule has 0 aliphatic rings. The van der Waals surface area contributed by atoms with Crippen LogP contribution >= 0.6 is 0 Å². The van der Waals surface area contributed by atoms with Gasteiger partial charge >= 0.3 is 5.97 Å². The summed E-state index contributed by atoms with van der Waals surface area (Å²) in [5.41, 5.74) is 6.88. The normalized spacial score (nSPS) is 11.4. The Labute approximate surface area is 389 Å².